The second kappa shape index (κ2) is 5.19. The van der Waals surface area contributed by atoms with Crippen LogP contribution in [0.15, 0.2) is 17.2 Å². The summed E-state index contributed by atoms with van der Waals surface area (Å²) in [7, 11) is -0.903. The van der Waals surface area contributed by atoms with Crippen LogP contribution < -0.4 is 4.72 Å². The van der Waals surface area contributed by atoms with Gasteiger partial charge in [-0.3, -0.25) is 4.79 Å². The quantitative estimate of drug-likeness (QED) is 0.642. The van der Waals surface area contributed by atoms with Crippen LogP contribution in [0, 0.1) is 0 Å². The number of sulfonamides is 1. The highest BCUT2D eigenvalue weighted by atomic mass is 32.2. The second-order valence-corrected chi connectivity index (χ2v) is 5.43. The molecule has 0 atom stereocenters. The highest BCUT2D eigenvalue weighted by Crippen LogP contribution is 2.10. The minimum Gasteiger partial charge on any atom is -0.477 e. The largest absolute Gasteiger partial charge is 0.477 e. The standard InChI is InChI=1S/C9H13N3O5S/c1-12(2)8(13)5-11-18(16,17)6-3-7(9(14)15)10-4-6/h3-4,10-11H,5H2,1-2H3,(H,14,15). The van der Waals surface area contributed by atoms with E-state index < -0.39 is 21.9 Å². The van der Waals surface area contributed by atoms with Crippen molar-refractivity contribution in [1.29, 1.82) is 0 Å². The number of hydrogen-bond acceptors (Lipinski definition) is 4. The van der Waals surface area contributed by atoms with Crippen LogP contribution in [0.5, 0.6) is 0 Å². The van der Waals surface area contributed by atoms with Crippen LogP contribution in [0.25, 0.3) is 0 Å². The SMILES string of the molecule is CN(C)C(=O)CNS(=O)(=O)c1c[nH]c(C(=O)O)c1. The van der Waals surface area contributed by atoms with Crippen molar-refractivity contribution in [3.63, 3.8) is 0 Å². The molecule has 0 aliphatic carbocycles. The lowest BCUT2D eigenvalue weighted by Crippen LogP contribution is -2.36. The maximum atomic E-state index is 11.7. The van der Waals surface area contributed by atoms with Crippen molar-refractivity contribution < 1.29 is 23.1 Å². The van der Waals surface area contributed by atoms with Gasteiger partial charge in [-0.1, -0.05) is 0 Å². The van der Waals surface area contributed by atoms with Gasteiger partial charge in [-0.15, -0.1) is 0 Å². The molecule has 0 saturated carbocycles. The van der Waals surface area contributed by atoms with Crippen LogP contribution >= 0.6 is 0 Å². The number of nitrogens with zero attached hydrogens (tertiary/aromatic N) is 1. The third-order valence-corrected chi connectivity index (χ3v) is 3.49. The van der Waals surface area contributed by atoms with E-state index in [-0.39, 0.29) is 17.1 Å². The van der Waals surface area contributed by atoms with Gasteiger partial charge in [0, 0.05) is 20.3 Å². The summed E-state index contributed by atoms with van der Waals surface area (Å²) in [5.41, 5.74) is -0.241. The van der Waals surface area contributed by atoms with Crippen molar-refractivity contribution in [1.82, 2.24) is 14.6 Å². The summed E-state index contributed by atoms with van der Waals surface area (Å²) in [5, 5.41) is 8.65. The van der Waals surface area contributed by atoms with Gasteiger partial charge in [0.25, 0.3) is 0 Å². The molecule has 100 valence electrons. The molecule has 1 aromatic rings. The number of aromatic carboxylic acids is 1. The number of carbonyl (C=O) groups is 2. The summed E-state index contributed by atoms with van der Waals surface area (Å²) in [5.74, 6) is -1.67. The topological polar surface area (TPSA) is 120 Å². The fraction of sp³-hybridized carbons (Fsp3) is 0.333. The predicted octanol–water partition coefficient (Wildman–Crippen LogP) is -0.921. The third-order valence-electron chi connectivity index (χ3n) is 2.11. The average molecular weight is 275 g/mol. The molecular formula is C9H13N3O5S. The van der Waals surface area contributed by atoms with Crippen LogP contribution in [0.2, 0.25) is 0 Å². The zero-order valence-corrected chi connectivity index (χ0v) is 10.6. The van der Waals surface area contributed by atoms with Gasteiger partial charge >= 0.3 is 5.97 Å². The first-order valence-electron chi connectivity index (χ1n) is 4.85. The van der Waals surface area contributed by atoms with Crippen LogP contribution in [-0.2, 0) is 14.8 Å². The molecule has 3 N–H and O–H groups in total. The van der Waals surface area contributed by atoms with Crippen molar-refractivity contribution in [3.05, 3.63) is 18.0 Å². The highest BCUT2D eigenvalue weighted by Gasteiger charge is 2.19. The molecular weight excluding hydrogens is 262 g/mol. The predicted molar refractivity (Wildman–Crippen MR) is 61.6 cm³/mol. The number of rotatable bonds is 5. The first-order valence-corrected chi connectivity index (χ1v) is 6.34. The molecule has 0 radical (unpaired) electrons. The molecule has 1 heterocycles. The molecule has 0 spiro atoms. The number of hydrogen-bond donors (Lipinski definition) is 3. The molecule has 0 bridgehead atoms. The maximum absolute atomic E-state index is 11.7. The zero-order valence-electron chi connectivity index (χ0n) is 9.80. The minimum atomic E-state index is -3.89. The van der Waals surface area contributed by atoms with Crippen molar-refractivity contribution in [2.75, 3.05) is 20.6 Å². The molecule has 1 rings (SSSR count). The van der Waals surface area contributed by atoms with Crippen LogP contribution in [-0.4, -0.2) is 55.9 Å². The Hall–Kier alpha value is -1.87. The Bertz CT molecular complexity index is 561. The van der Waals surface area contributed by atoms with Crippen LogP contribution in [0.3, 0.4) is 0 Å². The van der Waals surface area contributed by atoms with Gasteiger partial charge in [0.15, 0.2) is 0 Å². The summed E-state index contributed by atoms with van der Waals surface area (Å²) in [4.78, 5) is 25.1. The number of carbonyl (C=O) groups excluding carboxylic acids is 1. The smallest absolute Gasteiger partial charge is 0.352 e. The molecule has 1 amide bonds. The minimum absolute atomic E-state index is 0.230. The van der Waals surface area contributed by atoms with E-state index in [0.717, 1.165) is 12.3 Å². The first-order chi connectivity index (χ1) is 8.24. The fourth-order valence-electron chi connectivity index (χ4n) is 1.05. The Balaban J connectivity index is 2.80. The third kappa shape index (κ3) is 3.31. The number of carboxylic acid groups (broad SMARTS) is 1. The molecule has 0 unspecified atom stereocenters. The van der Waals surface area contributed by atoms with E-state index in [1.807, 2.05) is 0 Å². The number of carboxylic acids is 1. The Labute approximate surface area is 104 Å². The lowest BCUT2D eigenvalue weighted by molar-refractivity contribution is -0.127. The first kappa shape index (κ1) is 14.2. The average Bonchev–Trinajstić information content (AvgIpc) is 2.75. The Morgan fingerprint density at radius 3 is 2.50 bits per heavy atom. The van der Waals surface area contributed by atoms with Gasteiger partial charge in [-0.2, -0.15) is 0 Å². The van der Waals surface area contributed by atoms with Gasteiger partial charge in [0.1, 0.15) is 10.6 Å². The molecule has 9 heteroatoms. The molecule has 18 heavy (non-hydrogen) atoms. The van der Waals surface area contributed by atoms with E-state index in [1.165, 1.54) is 19.0 Å². The second-order valence-electron chi connectivity index (χ2n) is 3.67. The zero-order chi connectivity index (χ0) is 13.9. The van der Waals surface area contributed by atoms with Crippen LogP contribution in [0.1, 0.15) is 10.5 Å². The number of aromatic nitrogens is 1. The molecule has 0 aliphatic heterocycles. The molecule has 0 saturated heterocycles. The summed E-state index contributed by atoms with van der Waals surface area (Å²) < 4.78 is 25.5. The number of aromatic amines is 1. The monoisotopic (exact) mass is 275 g/mol. The van der Waals surface area contributed by atoms with Crippen molar-refractivity contribution in [2.24, 2.45) is 0 Å². The molecule has 8 nitrogen and oxygen atoms in total. The van der Waals surface area contributed by atoms with Gasteiger partial charge < -0.3 is 15.0 Å². The maximum Gasteiger partial charge on any atom is 0.352 e. The van der Waals surface area contributed by atoms with Crippen LogP contribution in [0.4, 0.5) is 0 Å². The van der Waals surface area contributed by atoms with E-state index in [1.54, 1.807) is 0 Å². The fourth-order valence-corrected chi connectivity index (χ4v) is 2.02. The number of likely N-dealkylation sites (N-methyl/N-ethyl adjacent to an activating group) is 1. The molecule has 1 aromatic heterocycles. The summed E-state index contributed by atoms with van der Waals surface area (Å²) in [6.07, 6.45) is 1.05. The normalized spacial score (nSPS) is 11.2. The van der Waals surface area contributed by atoms with Crippen molar-refractivity contribution in [3.8, 4) is 0 Å². The Morgan fingerprint density at radius 2 is 2.06 bits per heavy atom. The number of amides is 1. The van der Waals surface area contributed by atoms with Crippen molar-refractivity contribution in [2.45, 2.75) is 4.90 Å². The van der Waals surface area contributed by atoms with Gasteiger partial charge in [-0.25, -0.2) is 17.9 Å². The number of nitrogens with one attached hydrogen (secondary N) is 2. The van der Waals surface area contributed by atoms with Gasteiger partial charge in [0.2, 0.25) is 15.9 Å². The summed E-state index contributed by atoms with van der Waals surface area (Å²) in [6.45, 7) is -0.386. The van der Waals surface area contributed by atoms with Gasteiger partial charge in [-0.05, 0) is 6.07 Å². The van der Waals surface area contributed by atoms with Crippen molar-refractivity contribution >= 4 is 21.9 Å². The summed E-state index contributed by atoms with van der Waals surface area (Å²) in [6, 6.07) is 0.977. The lowest BCUT2D eigenvalue weighted by atomic mass is 10.4. The van der Waals surface area contributed by atoms with E-state index in [2.05, 4.69) is 9.71 Å². The summed E-state index contributed by atoms with van der Waals surface area (Å²) >= 11 is 0. The lowest BCUT2D eigenvalue weighted by Gasteiger charge is -2.10. The molecule has 0 aliphatic rings. The Kier molecular flexibility index (Phi) is 4.09. The molecule has 0 aromatic carbocycles. The van der Waals surface area contributed by atoms with E-state index in [9.17, 15) is 18.0 Å². The van der Waals surface area contributed by atoms with E-state index in [4.69, 9.17) is 5.11 Å². The number of H-pyrrole nitrogens is 1. The van der Waals surface area contributed by atoms with E-state index >= 15 is 0 Å². The molecule has 0 fully saturated rings. The highest BCUT2D eigenvalue weighted by molar-refractivity contribution is 7.89. The van der Waals surface area contributed by atoms with E-state index in [0.29, 0.717) is 0 Å². The Morgan fingerprint density at radius 1 is 1.44 bits per heavy atom. The van der Waals surface area contributed by atoms with Gasteiger partial charge in [0.05, 0.1) is 6.54 Å².